The summed E-state index contributed by atoms with van der Waals surface area (Å²) in [5.41, 5.74) is 1.24. The number of benzene rings is 1. The molecule has 18 heavy (non-hydrogen) atoms. The Balaban J connectivity index is 2.21. The molecule has 0 spiro atoms. The van der Waals surface area contributed by atoms with Crippen molar-refractivity contribution in [2.75, 3.05) is 33.5 Å². The number of hydrogen-bond donors (Lipinski definition) is 2. The lowest BCUT2D eigenvalue weighted by Gasteiger charge is -2.14. The smallest absolute Gasteiger partial charge is 0.118 e. The van der Waals surface area contributed by atoms with Gasteiger partial charge in [-0.05, 0) is 37.6 Å². The molecule has 0 aliphatic carbocycles. The van der Waals surface area contributed by atoms with Crippen LogP contribution in [0.3, 0.4) is 0 Å². The van der Waals surface area contributed by atoms with E-state index in [9.17, 15) is 0 Å². The quantitative estimate of drug-likeness (QED) is 0.658. The number of aliphatic hydroxyl groups is 1. The van der Waals surface area contributed by atoms with Crippen molar-refractivity contribution in [1.29, 1.82) is 0 Å². The van der Waals surface area contributed by atoms with Crippen LogP contribution in [0.4, 0.5) is 0 Å². The van der Waals surface area contributed by atoms with E-state index in [1.165, 1.54) is 5.56 Å². The van der Waals surface area contributed by atoms with Crippen molar-refractivity contribution in [3.8, 4) is 5.75 Å². The van der Waals surface area contributed by atoms with Crippen LogP contribution in [0, 0.1) is 0 Å². The van der Waals surface area contributed by atoms with Crippen molar-refractivity contribution in [3.05, 3.63) is 29.8 Å². The van der Waals surface area contributed by atoms with Crippen molar-refractivity contribution in [3.63, 3.8) is 0 Å². The highest BCUT2D eigenvalue weighted by molar-refractivity contribution is 5.28. The van der Waals surface area contributed by atoms with Gasteiger partial charge in [-0.3, -0.25) is 0 Å². The fraction of sp³-hybridized carbons (Fsp3) is 0.571. The fourth-order valence-electron chi connectivity index (χ4n) is 1.67. The van der Waals surface area contributed by atoms with Crippen LogP contribution in [0.5, 0.6) is 5.75 Å². The van der Waals surface area contributed by atoms with Crippen molar-refractivity contribution < 1.29 is 14.6 Å². The van der Waals surface area contributed by atoms with Gasteiger partial charge in [-0.1, -0.05) is 12.1 Å². The summed E-state index contributed by atoms with van der Waals surface area (Å²) in [4.78, 5) is 0. The predicted molar refractivity (Wildman–Crippen MR) is 71.9 cm³/mol. The Labute approximate surface area is 109 Å². The Bertz CT molecular complexity index is 313. The topological polar surface area (TPSA) is 50.7 Å². The van der Waals surface area contributed by atoms with E-state index < -0.39 is 0 Å². The van der Waals surface area contributed by atoms with Crippen LogP contribution >= 0.6 is 0 Å². The summed E-state index contributed by atoms with van der Waals surface area (Å²) in [6.07, 6.45) is 0.945. The molecule has 0 amide bonds. The normalized spacial score (nSPS) is 12.4. The Morgan fingerprint density at radius 3 is 2.56 bits per heavy atom. The summed E-state index contributed by atoms with van der Waals surface area (Å²) in [5.74, 6) is 0.878. The summed E-state index contributed by atoms with van der Waals surface area (Å²) >= 11 is 0. The highest BCUT2D eigenvalue weighted by atomic mass is 16.5. The minimum atomic E-state index is 0.0929. The van der Waals surface area contributed by atoms with Gasteiger partial charge in [-0.25, -0.2) is 0 Å². The molecule has 0 fully saturated rings. The van der Waals surface area contributed by atoms with Gasteiger partial charge in [-0.2, -0.15) is 0 Å². The van der Waals surface area contributed by atoms with E-state index >= 15 is 0 Å². The average molecular weight is 253 g/mol. The lowest BCUT2D eigenvalue weighted by Crippen LogP contribution is -2.21. The van der Waals surface area contributed by atoms with Gasteiger partial charge >= 0.3 is 0 Å². The molecule has 1 aromatic rings. The maximum atomic E-state index is 8.55. The third kappa shape index (κ3) is 5.49. The molecule has 4 heteroatoms. The number of rotatable bonds is 9. The van der Waals surface area contributed by atoms with Crippen LogP contribution in [-0.4, -0.2) is 38.6 Å². The summed E-state index contributed by atoms with van der Waals surface area (Å²) in [7, 11) is 1.67. The fourth-order valence-corrected chi connectivity index (χ4v) is 1.67. The van der Waals surface area contributed by atoms with Gasteiger partial charge in [-0.15, -0.1) is 0 Å². The zero-order valence-corrected chi connectivity index (χ0v) is 11.2. The molecule has 0 aliphatic rings. The second-order valence-electron chi connectivity index (χ2n) is 4.14. The second kappa shape index (κ2) is 8.91. The minimum Gasteiger partial charge on any atom is -0.497 e. The van der Waals surface area contributed by atoms with E-state index in [4.69, 9.17) is 14.6 Å². The third-order valence-corrected chi connectivity index (χ3v) is 2.77. The van der Waals surface area contributed by atoms with E-state index in [1.807, 2.05) is 12.1 Å². The van der Waals surface area contributed by atoms with E-state index in [-0.39, 0.29) is 6.61 Å². The van der Waals surface area contributed by atoms with Gasteiger partial charge in [0.2, 0.25) is 0 Å². The van der Waals surface area contributed by atoms with Crippen LogP contribution in [0.25, 0.3) is 0 Å². The molecule has 0 heterocycles. The zero-order valence-electron chi connectivity index (χ0n) is 11.2. The SMILES string of the molecule is COc1ccc(C(C)NCCCOCCO)cc1. The van der Waals surface area contributed by atoms with Crippen molar-refractivity contribution in [1.82, 2.24) is 5.32 Å². The molecule has 1 aromatic carbocycles. The molecule has 2 N–H and O–H groups in total. The molecule has 0 saturated carbocycles. The molecule has 1 rings (SSSR count). The average Bonchev–Trinajstić information content (AvgIpc) is 2.42. The van der Waals surface area contributed by atoms with Crippen LogP contribution in [0.1, 0.15) is 24.9 Å². The Hall–Kier alpha value is -1.10. The maximum Gasteiger partial charge on any atom is 0.118 e. The van der Waals surface area contributed by atoms with Gasteiger partial charge < -0.3 is 19.9 Å². The number of nitrogens with one attached hydrogen (secondary N) is 1. The van der Waals surface area contributed by atoms with Crippen LogP contribution < -0.4 is 10.1 Å². The first-order valence-electron chi connectivity index (χ1n) is 6.34. The number of ether oxygens (including phenoxy) is 2. The Kier molecular flexibility index (Phi) is 7.41. The first kappa shape index (κ1) is 15.0. The molecule has 0 aliphatic heterocycles. The van der Waals surface area contributed by atoms with Crippen molar-refractivity contribution >= 4 is 0 Å². The number of aliphatic hydroxyl groups excluding tert-OH is 1. The molecule has 0 saturated heterocycles. The van der Waals surface area contributed by atoms with Gasteiger partial charge in [0.25, 0.3) is 0 Å². The first-order chi connectivity index (χ1) is 8.77. The summed E-state index contributed by atoms with van der Waals surface area (Å²) in [5, 5.41) is 12.0. The largest absolute Gasteiger partial charge is 0.497 e. The van der Waals surface area contributed by atoms with E-state index in [1.54, 1.807) is 7.11 Å². The predicted octanol–water partition coefficient (Wildman–Crippen LogP) is 1.74. The molecular weight excluding hydrogens is 230 g/mol. The molecule has 4 nitrogen and oxygen atoms in total. The van der Waals surface area contributed by atoms with Gasteiger partial charge in [0.1, 0.15) is 5.75 Å². The monoisotopic (exact) mass is 253 g/mol. The van der Waals surface area contributed by atoms with Crippen LogP contribution in [0.15, 0.2) is 24.3 Å². The first-order valence-corrected chi connectivity index (χ1v) is 6.34. The molecule has 1 atom stereocenters. The van der Waals surface area contributed by atoms with Crippen molar-refractivity contribution in [2.45, 2.75) is 19.4 Å². The Morgan fingerprint density at radius 2 is 1.94 bits per heavy atom. The molecule has 1 unspecified atom stereocenters. The number of methoxy groups -OCH3 is 1. The molecule has 0 bridgehead atoms. The molecular formula is C14H23NO3. The van der Waals surface area contributed by atoms with Gasteiger partial charge in [0.05, 0.1) is 20.3 Å². The zero-order chi connectivity index (χ0) is 13.2. The van der Waals surface area contributed by atoms with E-state index in [2.05, 4.69) is 24.4 Å². The second-order valence-corrected chi connectivity index (χ2v) is 4.14. The summed E-state index contributed by atoms with van der Waals surface area (Å²) in [6.45, 7) is 4.24. The molecule has 0 aromatic heterocycles. The van der Waals surface area contributed by atoms with Gasteiger partial charge in [0.15, 0.2) is 0 Å². The standard InChI is InChI=1S/C14H23NO3/c1-12(15-8-3-10-18-11-9-16)13-4-6-14(17-2)7-5-13/h4-7,12,15-16H,3,8-11H2,1-2H3. The van der Waals surface area contributed by atoms with Crippen molar-refractivity contribution in [2.24, 2.45) is 0 Å². The number of hydrogen-bond acceptors (Lipinski definition) is 4. The van der Waals surface area contributed by atoms with Crippen LogP contribution in [-0.2, 0) is 4.74 Å². The maximum absolute atomic E-state index is 8.55. The third-order valence-electron chi connectivity index (χ3n) is 2.77. The lowest BCUT2D eigenvalue weighted by atomic mass is 10.1. The summed E-state index contributed by atoms with van der Waals surface area (Å²) < 4.78 is 10.3. The Morgan fingerprint density at radius 1 is 1.22 bits per heavy atom. The van der Waals surface area contributed by atoms with E-state index in [0.717, 1.165) is 18.7 Å². The minimum absolute atomic E-state index is 0.0929. The highest BCUT2D eigenvalue weighted by Crippen LogP contribution is 2.16. The highest BCUT2D eigenvalue weighted by Gasteiger charge is 2.04. The van der Waals surface area contributed by atoms with Gasteiger partial charge in [0, 0.05) is 12.6 Å². The van der Waals surface area contributed by atoms with E-state index in [0.29, 0.717) is 19.3 Å². The lowest BCUT2D eigenvalue weighted by molar-refractivity contribution is 0.0904. The molecule has 102 valence electrons. The van der Waals surface area contributed by atoms with Crippen LogP contribution in [0.2, 0.25) is 0 Å². The molecule has 0 radical (unpaired) electrons. The summed E-state index contributed by atoms with van der Waals surface area (Å²) in [6, 6.07) is 8.39.